The van der Waals surface area contributed by atoms with Gasteiger partial charge in [0.15, 0.2) is 5.78 Å². The molecule has 0 saturated carbocycles. The van der Waals surface area contributed by atoms with E-state index in [9.17, 15) is 9.59 Å². The molecule has 0 aliphatic rings. The molecule has 0 spiro atoms. The molecule has 0 fully saturated rings. The Morgan fingerprint density at radius 2 is 1.76 bits per heavy atom. The van der Waals surface area contributed by atoms with Crippen LogP contribution in [-0.2, 0) is 11.3 Å². The topological polar surface area (TPSA) is 65.7 Å². The highest BCUT2D eigenvalue weighted by molar-refractivity contribution is 5.97. The van der Waals surface area contributed by atoms with Gasteiger partial charge in [0.2, 0.25) is 5.76 Å². The minimum atomic E-state index is -0.596. The molecule has 0 N–H and O–H groups in total. The van der Waals surface area contributed by atoms with E-state index in [1.165, 1.54) is 6.92 Å². The third-order valence-corrected chi connectivity index (χ3v) is 3.81. The number of carbonyl (C=O) groups is 2. The van der Waals surface area contributed by atoms with Gasteiger partial charge in [-0.05, 0) is 44.2 Å². The van der Waals surface area contributed by atoms with Gasteiger partial charge in [-0.1, -0.05) is 18.2 Å². The summed E-state index contributed by atoms with van der Waals surface area (Å²) < 4.78 is 16.5. The van der Waals surface area contributed by atoms with Crippen molar-refractivity contribution in [1.82, 2.24) is 0 Å². The van der Waals surface area contributed by atoms with E-state index in [4.69, 9.17) is 13.9 Å². The first-order valence-electron chi connectivity index (χ1n) is 8.01. The van der Waals surface area contributed by atoms with Crippen LogP contribution < -0.4 is 4.74 Å². The van der Waals surface area contributed by atoms with Gasteiger partial charge in [-0.15, -0.1) is 0 Å². The summed E-state index contributed by atoms with van der Waals surface area (Å²) in [5.41, 5.74) is 1.83. The second-order valence-corrected chi connectivity index (χ2v) is 5.51. The highest BCUT2D eigenvalue weighted by Gasteiger charge is 2.22. The average Bonchev–Trinajstić information content (AvgIpc) is 2.99. The van der Waals surface area contributed by atoms with Crippen molar-refractivity contribution in [3.8, 4) is 5.75 Å². The molecule has 2 aromatic carbocycles. The highest BCUT2D eigenvalue weighted by Crippen LogP contribution is 2.28. The summed E-state index contributed by atoms with van der Waals surface area (Å²) >= 11 is 0. The molecule has 3 rings (SSSR count). The standard InChI is InChI=1S/C20H18O5/c1-3-23-12-17-16-6-4-5-7-18(16)25-19(17)20(22)24-15-10-8-14(9-11-15)13(2)21/h4-11H,3,12H2,1-2H3. The lowest BCUT2D eigenvalue weighted by Gasteiger charge is -2.05. The van der Waals surface area contributed by atoms with Crippen molar-refractivity contribution in [3.05, 3.63) is 65.4 Å². The van der Waals surface area contributed by atoms with E-state index in [0.29, 0.717) is 29.1 Å². The first kappa shape index (κ1) is 16.9. The Kier molecular flexibility index (Phi) is 4.95. The second-order valence-electron chi connectivity index (χ2n) is 5.51. The number of ether oxygens (including phenoxy) is 2. The Labute approximate surface area is 145 Å². The minimum Gasteiger partial charge on any atom is -0.449 e. The number of hydrogen-bond acceptors (Lipinski definition) is 5. The monoisotopic (exact) mass is 338 g/mol. The van der Waals surface area contributed by atoms with Crippen LogP contribution in [-0.4, -0.2) is 18.4 Å². The lowest BCUT2D eigenvalue weighted by Crippen LogP contribution is -2.10. The lowest BCUT2D eigenvalue weighted by atomic mass is 10.1. The van der Waals surface area contributed by atoms with Crippen LogP contribution in [0.15, 0.2) is 52.9 Å². The molecule has 0 aliphatic heterocycles. The van der Waals surface area contributed by atoms with E-state index < -0.39 is 5.97 Å². The molecule has 25 heavy (non-hydrogen) atoms. The number of benzene rings is 2. The molecular formula is C20H18O5. The Morgan fingerprint density at radius 1 is 1.04 bits per heavy atom. The van der Waals surface area contributed by atoms with E-state index in [1.807, 2.05) is 25.1 Å². The molecule has 5 heteroatoms. The summed E-state index contributed by atoms with van der Waals surface area (Å²) in [7, 11) is 0. The van der Waals surface area contributed by atoms with Crippen LogP contribution in [0.1, 0.15) is 40.3 Å². The van der Waals surface area contributed by atoms with Crippen molar-refractivity contribution in [3.63, 3.8) is 0 Å². The predicted octanol–water partition coefficient (Wildman–Crippen LogP) is 4.39. The fraction of sp³-hybridized carbons (Fsp3) is 0.200. The number of carbonyl (C=O) groups excluding carboxylic acids is 2. The zero-order valence-corrected chi connectivity index (χ0v) is 14.1. The summed E-state index contributed by atoms with van der Waals surface area (Å²) in [6, 6.07) is 13.8. The van der Waals surface area contributed by atoms with Crippen molar-refractivity contribution >= 4 is 22.7 Å². The van der Waals surface area contributed by atoms with Crippen LogP contribution >= 0.6 is 0 Å². The molecule has 0 unspecified atom stereocenters. The minimum absolute atomic E-state index is 0.0471. The van der Waals surface area contributed by atoms with Crippen LogP contribution in [0, 0.1) is 0 Å². The van der Waals surface area contributed by atoms with Crippen LogP contribution in [0.2, 0.25) is 0 Å². The van der Waals surface area contributed by atoms with Crippen LogP contribution in [0.25, 0.3) is 11.0 Å². The number of para-hydroxylation sites is 1. The predicted molar refractivity (Wildman–Crippen MR) is 92.9 cm³/mol. The number of ketones is 1. The number of fused-ring (bicyclic) bond motifs is 1. The highest BCUT2D eigenvalue weighted by atomic mass is 16.5. The van der Waals surface area contributed by atoms with Crippen molar-refractivity contribution in [2.24, 2.45) is 0 Å². The van der Waals surface area contributed by atoms with Crippen LogP contribution in [0.3, 0.4) is 0 Å². The van der Waals surface area contributed by atoms with Gasteiger partial charge >= 0.3 is 5.97 Å². The van der Waals surface area contributed by atoms with Crippen LogP contribution in [0.4, 0.5) is 0 Å². The molecule has 0 radical (unpaired) electrons. The molecule has 0 bridgehead atoms. The Hall–Kier alpha value is -2.92. The maximum atomic E-state index is 12.5. The maximum absolute atomic E-state index is 12.5. The smallest absolute Gasteiger partial charge is 0.380 e. The van der Waals surface area contributed by atoms with E-state index >= 15 is 0 Å². The summed E-state index contributed by atoms with van der Waals surface area (Å²) in [6.07, 6.45) is 0. The first-order valence-corrected chi connectivity index (χ1v) is 8.01. The molecule has 0 atom stereocenters. The number of esters is 1. The molecule has 1 aromatic heterocycles. The largest absolute Gasteiger partial charge is 0.449 e. The van der Waals surface area contributed by atoms with Crippen molar-refractivity contribution in [2.75, 3.05) is 6.61 Å². The van der Waals surface area contributed by atoms with Gasteiger partial charge in [0.05, 0.1) is 6.61 Å². The van der Waals surface area contributed by atoms with Crippen molar-refractivity contribution in [1.29, 1.82) is 0 Å². The fourth-order valence-electron chi connectivity index (χ4n) is 2.52. The molecule has 128 valence electrons. The van der Waals surface area contributed by atoms with Gasteiger partial charge in [0.25, 0.3) is 0 Å². The average molecular weight is 338 g/mol. The lowest BCUT2D eigenvalue weighted by molar-refractivity contribution is 0.0693. The number of rotatable bonds is 6. The Balaban J connectivity index is 1.89. The van der Waals surface area contributed by atoms with E-state index in [2.05, 4.69) is 0 Å². The quantitative estimate of drug-likeness (QED) is 0.379. The second kappa shape index (κ2) is 7.32. The SMILES string of the molecule is CCOCc1c(C(=O)Oc2ccc(C(C)=O)cc2)oc2ccccc12. The van der Waals surface area contributed by atoms with Gasteiger partial charge in [-0.2, -0.15) is 0 Å². The van der Waals surface area contributed by atoms with Gasteiger partial charge in [0.1, 0.15) is 11.3 Å². The van der Waals surface area contributed by atoms with Crippen molar-refractivity contribution in [2.45, 2.75) is 20.5 Å². The third kappa shape index (κ3) is 3.61. The number of Topliss-reactive ketones (excluding diaryl/α,β-unsaturated/α-hetero) is 1. The summed E-state index contributed by atoms with van der Waals surface area (Å²) in [4.78, 5) is 23.9. The molecule has 0 aliphatic carbocycles. The van der Waals surface area contributed by atoms with E-state index in [-0.39, 0.29) is 18.2 Å². The molecule has 1 heterocycles. The van der Waals surface area contributed by atoms with Gasteiger partial charge in [-0.3, -0.25) is 4.79 Å². The number of furan rings is 1. The normalized spacial score (nSPS) is 10.8. The summed E-state index contributed by atoms with van der Waals surface area (Å²) in [5, 5.41) is 0.829. The summed E-state index contributed by atoms with van der Waals surface area (Å²) in [6.45, 7) is 4.16. The van der Waals surface area contributed by atoms with Crippen LogP contribution in [0.5, 0.6) is 5.75 Å². The van der Waals surface area contributed by atoms with Crippen molar-refractivity contribution < 1.29 is 23.5 Å². The van der Waals surface area contributed by atoms with Gasteiger partial charge in [0, 0.05) is 23.1 Å². The molecule has 5 nitrogen and oxygen atoms in total. The third-order valence-electron chi connectivity index (χ3n) is 3.81. The van der Waals surface area contributed by atoms with E-state index in [0.717, 1.165) is 5.39 Å². The zero-order chi connectivity index (χ0) is 17.8. The van der Waals surface area contributed by atoms with E-state index in [1.54, 1.807) is 30.3 Å². The molecular weight excluding hydrogens is 320 g/mol. The molecule has 0 saturated heterocycles. The Bertz CT molecular complexity index is 905. The Morgan fingerprint density at radius 3 is 2.44 bits per heavy atom. The zero-order valence-electron chi connectivity index (χ0n) is 14.1. The summed E-state index contributed by atoms with van der Waals surface area (Å²) in [5.74, 6) is -0.168. The molecule has 3 aromatic rings. The fourth-order valence-corrected chi connectivity index (χ4v) is 2.52. The van der Waals surface area contributed by atoms with Gasteiger partial charge < -0.3 is 13.9 Å². The van der Waals surface area contributed by atoms with Gasteiger partial charge in [-0.25, -0.2) is 4.79 Å². The molecule has 0 amide bonds. The number of hydrogen-bond donors (Lipinski definition) is 0. The first-order chi connectivity index (χ1) is 12.1. The maximum Gasteiger partial charge on any atom is 0.380 e.